The highest BCUT2D eigenvalue weighted by atomic mass is 32.1. The summed E-state index contributed by atoms with van der Waals surface area (Å²) in [5, 5.41) is 8.30. The van der Waals surface area contributed by atoms with Crippen LogP contribution >= 0.6 is 12.2 Å². The largest absolute Gasteiger partial charge is 0.491 e. The number of hydrogen-bond donors (Lipinski definition) is 2. The average Bonchev–Trinajstić information content (AvgIpc) is 2.97. The zero-order chi connectivity index (χ0) is 18.5. The van der Waals surface area contributed by atoms with Crippen LogP contribution in [-0.2, 0) is 12.8 Å². The zero-order valence-corrected chi connectivity index (χ0v) is 15.7. The Bertz CT molecular complexity index is 893. The topological polar surface area (TPSA) is 86.0 Å². The van der Waals surface area contributed by atoms with E-state index in [2.05, 4.69) is 15.2 Å². The van der Waals surface area contributed by atoms with Crippen LogP contribution in [-0.4, -0.2) is 32.9 Å². The Balaban J connectivity index is 1.86. The number of thiocarbonyl (C=S) groups is 1. The highest BCUT2D eigenvalue weighted by Crippen LogP contribution is 2.32. The van der Waals surface area contributed by atoms with E-state index in [0.717, 1.165) is 28.0 Å². The van der Waals surface area contributed by atoms with Gasteiger partial charge in [0, 0.05) is 36.2 Å². The molecular weight excluding hydrogens is 348 g/mol. The Morgan fingerprint density at radius 2 is 2.15 bits per heavy atom. The minimum Gasteiger partial charge on any atom is -0.491 e. The van der Waals surface area contributed by atoms with E-state index in [0.29, 0.717) is 30.2 Å². The van der Waals surface area contributed by atoms with Gasteiger partial charge in [-0.1, -0.05) is 18.3 Å². The number of nitrogens with one attached hydrogen (secondary N) is 1. The molecule has 136 valence electrons. The SMILES string of the molecule is CC(C)Oc1cc(OCCc2ccccn2)c2n[nH]c(CC(N)=S)c2c1. The second kappa shape index (κ2) is 8.14. The van der Waals surface area contributed by atoms with Gasteiger partial charge in [-0.25, -0.2) is 0 Å². The lowest BCUT2D eigenvalue weighted by Gasteiger charge is -2.13. The van der Waals surface area contributed by atoms with Crippen LogP contribution in [0.2, 0.25) is 0 Å². The number of rotatable bonds is 8. The number of aromatic amines is 1. The summed E-state index contributed by atoms with van der Waals surface area (Å²) in [4.78, 5) is 4.72. The molecule has 2 aromatic heterocycles. The van der Waals surface area contributed by atoms with E-state index in [1.165, 1.54) is 0 Å². The number of aromatic nitrogens is 3. The van der Waals surface area contributed by atoms with Gasteiger partial charge in [0.2, 0.25) is 0 Å². The van der Waals surface area contributed by atoms with Crippen molar-refractivity contribution in [1.29, 1.82) is 0 Å². The molecule has 1 aromatic carbocycles. The first-order chi connectivity index (χ1) is 12.5. The number of pyridine rings is 1. The van der Waals surface area contributed by atoms with Crippen molar-refractivity contribution in [1.82, 2.24) is 15.2 Å². The normalized spacial score (nSPS) is 11.0. The van der Waals surface area contributed by atoms with Gasteiger partial charge in [0.25, 0.3) is 0 Å². The fourth-order valence-electron chi connectivity index (χ4n) is 2.68. The van der Waals surface area contributed by atoms with Gasteiger partial charge < -0.3 is 15.2 Å². The van der Waals surface area contributed by atoms with Gasteiger partial charge in [0.05, 0.1) is 23.4 Å². The smallest absolute Gasteiger partial charge is 0.151 e. The van der Waals surface area contributed by atoms with Gasteiger partial charge >= 0.3 is 0 Å². The van der Waals surface area contributed by atoms with E-state index < -0.39 is 0 Å². The third-order valence-electron chi connectivity index (χ3n) is 3.74. The third kappa shape index (κ3) is 4.49. The molecule has 3 N–H and O–H groups in total. The Hall–Kier alpha value is -2.67. The first-order valence-corrected chi connectivity index (χ1v) is 8.92. The number of benzene rings is 1. The van der Waals surface area contributed by atoms with Crippen LogP contribution < -0.4 is 15.2 Å². The molecule has 0 atom stereocenters. The molecule has 3 rings (SSSR count). The van der Waals surface area contributed by atoms with Gasteiger partial charge in [0.1, 0.15) is 11.3 Å². The summed E-state index contributed by atoms with van der Waals surface area (Å²) in [5.41, 5.74) is 8.27. The second-order valence-corrected chi connectivity index (χ2v) is 6.77. The van der Waals surface area contributed by atoms with Crippen molar-refractivity contribution in [3.8, 4) is 11.5 Å². The predicted octanol–water partition coefficient (Wildman–Crippen LogP) is 3.20. The Morgan fingerprint density at radius 3 is 2.85 bits per heavy atom. The Labute approximate surface area is 157 Å². The van der Waals surface area contributed by atoms with Crippen molar-refractivity contribution in [3.05, 3.63) is 47.9 Å². The first-order valence-electron chi connectivity index (χ1n) is 8.51. The quantitative estimate of drug-likeness (QED) is 0.592. The number of nitrogens with two attached hydrogens (primary N) is 1. The molecule has 0 spiro atoms. The zero-order valence-electron chi connectivity index (χ0n) is 14.9. The lowest BCUT2D eigenvalue weighted by Crippen LogP contribution is -2.11. The summed E-state index contributed by atoms with van der Waals surface area (Å²) < 4.78 is 11.9. The molecule has 0 bridgehead atoms. The fourth-order valence-corrected chi connectivity index (χ4v) is 2.83. The molecule has 0 saturated heterocycles. The second-order valence-electron chi connectivity index (χ2n) is 6.25. The van der Waals surface area contributed by atoms with Crippen molar-refractivity contribution < 1.29 is 9.47 Å². The van der Waals surface area contributed by atoms with Crippen LogP contribution in [0.1, 0.15) is 25.2 Å². The van der Waals surface area contributed by atoms with E-state index in [1.807, 2.05) is 44.2 Å². The first kappa shape index (κ1) is 18.1. The van der Waals surface area contributed by atoms with Crippen LogP contribution in [0.25, 0.3) is 10.9 Å². The van der Waals surface area contributed by atoms with Crippen LogP contribution in [0, 0.1) is 0 Å². The molecule has 0 unspecified atom stereocenters. The molecule has 0 radical (unpaired) electrons. The number of nitrogens with zero attached hydrogens (tertiary/aromatic N) is 2. The lowest BCUT2D eigenvalue weighted by molar-refractivity contribution is 0.240. The molecule has 0 amide bonds. The maximum Gasteiger partial charge on any atom is 0.151 e. The number of fused-ring (bicyclic) bond motifs is 1. The molecule has 0 fully saturated rings. The minimum atomic E-state index is 0.0553. The molecule has 0 aliphatic heterocycles. The van der Waals surface area contributed by atoms with Crippen molar-refractivity contribution in [2.45, 2.75) is 32.8 Å². The minimum absolute atomic E-state index is 0.0553. The molecule has 6 nitrogen and oxygen atoms in total. The third-order valence-corrected chi connectivity index (χ3v) is 3.89. The number of ether oxygens (including phenoxy) is 2. The predicted molar refractivity (Wildman–Crippen MR) is 106 cm³/mol. The molecule has 26 heavy (non-hydrogen) atoms. The molecule has 2 heterocycles. The molecule has 3 aromatic rings. The summed E-state index contributed by atoms with van der Waals surface area (Å²) in [7, 11) is 0. The van der Waals surface area contributed by atoms with E-state index in [9.17, 15) is 0 Å². The maximum atomic E-state index is 6.00. The van der Waals surface area contributed by atoms with E-state index >= 15 is 0 Å². The maximum absolute atomic E-state index is 6.00. The van der Waals surface area contributed by atoms with E-state index in [-0.39, 0.29) is 6.10 Å². The van der Waals surface area contributed by atoms with Gasteiger partial charge in [-0.3, -0.25) is 10.1 Å². The molecule has 7 heteroatoms. The fraction of sp³-hybridized carbons (Fsp3) is 0.316. The van der Waals surface area contributed by atoms with Crippen LogP contribution in [0.5, 0.6) is 11.5 Å². The van der Waals surface area contributed by atoms with Crippen molar-refractivity contribution in [3.63, 3.8) is 0 Å². The van der Waals surface area contributed by atoms with Crippen LogP contribution in [0.3, 0.4) is 0 Å². The summed E-state index contributed by atoms with van der Waals surface area (Å²) in [6, 6.07) is 9.65. The lowest BCUT2D eigenvalue weighted by atomic mass is 10.1. The molecular formula is C19H22N4O2S. The van der Waals surface area contributed by atoms with Crippen molar-refractivity contribution in [2.75, 3.05) is 6.61 Å². The van der Waals surface area contributed by atoms with Crippen molar-refractivity contribution in [2.24, 2.45) is 5.73 Å². The Kier molecular flexibility index (Phi) is 5.68. The van der Waals surface area contributed by atoms with E-state index in [1.54, 1.807) is 6.20 Å². The van der Waals surface area contributed by atoms with Gasteiger partial charge in [-0.15, -0.1) is 0 Å². The highest BCUT2D eigenvalue weighted by Gasteiger charge is 2.15. The average molecular weight is 370 g/mol. The number of H-pyrrole nitrogens is 1. The molecule has 0 aliphatic carbocycles. The highest BCUT2D eigenvalue weighted by molar-refractivity contribution is 7.80. The number of hydrogen-bond acceptors (Lipinski definition) is 5. The van der Waals surface area contributed by atoms with Gasteiger partial charge in [-0.2, -0.15) is 5.10 Å². The summed E-state index contributed by atoms with van der Waals surface area (Å²) in [6.07, 6.45) is 2.99. The van der Waals surface area contributed by atoms with Gasteiger partial charge in [-0.05, 0) is 32.0 Å². The standard InChI is InChI=1S/C19H22N4O2S/c1-12(2)25-14-9-15-16(11-18(20)26)22-23-19(15)17(10-14)24-8-6-13-5-3-4-7-21-13/h3-5,7,9-10,12H,6,8,11H2,1-2H3,(H2,20,26)(H,22,23). The summed E-state index contributed by atoms with van der Waals surface area (Å²) in [5.74, 6) is 1.39. The van der Waals surface area contributed by atoms with Crippen LogP contribution in [0.15, 0.2) is 36.5 Å². The molecule has 0 aliphatic rings. The van der Waals surface area contributed by atoms with Crippen LogP contribution in [0.4, 0.5) is 0 Å². The van der Waals surface area contributed by atoms with Gasteiger partial charge in [0.15, 0.2) is 5.75 Å². The molecule has 0 saturated carbocycles. The monoisotopic (exact) mass is 370 g/mol. The Morgan fingerprint density at radius 1 is 1.31 bits per heavy atom. The summed E-state index contributed by atoms with van der Waals surface area (Å²) in [6.45, 7) is 4.46. The van der Waals surface area contributed by atoms with Crippen molar-refractivity contribution >= 4 is 28.1 Å². The van der Waals surface area contributed by atoms with E-state index in [4.69, 9.17) is 27.4 Å². The summed E-state index contributed by atoms with van der Waals surface area (Å²) >= 11 is 5.03.